The molecule has 4 heteroatoms. The third-order valence-corrected chi connectivity index (χ3v) is 4.32. The molecule has 0 saturated heterocycles. The highest BCUT2D eigenvalue weighted by molar-refractivity contribution is 5.89. The number of esters is 1. The van der Waals surface area contributed by atoms with Crippen molar-refractivity contribution in [2.75, 3.05) is 0 Å². The molecule has 0 fully saturated rings. The lowest BCUT2D eigenvalue weighted by molar-refractivity contribution is -0.139. The first-order chi connectivity index (χ1) is 12.1. The van der Waals surface area contributed by atoms with Crippen LogP contribution in [-0.4, -0.2) is 23.1 Å². The summed E-state index contributed by atoms with van der Waals surface area (Å²) in [4.78, 5) is 23.1. The van der Waals surface area contributed by atoms with Gasteiger partial charge in [0.2, 0.25) is 0 Å². The third-order valence-electron chi connectivity index (χ3n) is 4.32. The number of hydrogen-bond donors (Lipinski definition) is 1. The second-order valence-corrected chi connectivity index (χ2v) is 6.61. The van der Waals surface area contributed by atoms with E-state index in [0.29, 0.717) is 12.0 Å². The molecule has 0 saturated carbocycles. The molecule has 1 rings (SSSR count). The SMILES string of the molecule is CCCCCCCCCCC[C@H](CC(=O)O)OC(=O)c1ccccc1. The van der Waals surface area contributed by atoms with Crippen LogP contribution in [-0.2, 0) is 9.53 Å². The lowest BCUT2D eigenvalue weighted by Crippen LogP contribution is -2.21. The fourth-order valence-corrected chi connectivity index (χ4v) is 2.87. The van der Waals surface area contributed by atoms with Gasteiger partial charge in [-0.1, -0.05) is 76.5 Å². The van der Waals surface area contributed by atoms with Crippen LogP contribution in [0.3, 0.4) is 0 Å². The van der Waals surface area contributed by atoms with Gasteiger partial charge in [-0.05, 0) is 25.0 Å². The molecule has 0 amide bonds. The summed E-state index contributed by atoms with van der Waals surface area (Å²) < 4.78 is 5.40. The van der Waals surface area contributed by atoms with Crippen molar-refractivity contribution in [3.63, 3.8) is 0 Å². The van der Waals surface area contributed by atoms with Crippen molar-refractivity contribution >= 4 is 11.9 Å². The molecule has 25 heavy (non-hydrogen) atoms. The fraction of sp³-hybridized carbons (Fsp3) is 0.619. The van der Waals surface area contributed by atoms with Crippen LogP contribution < -0.4 is 0 Å². The molecule has 1 atom stereocenters. The number of aliphatic carboxylic acids is 1. The molecule has 0 aromatic heterocycles. The van der Waals surface area contributed by atoms with Gasteiger partial charge in [0.25, 0.3) is 0 Å². The quantitative estimate of drug-likeness (QED) is 0.351. The molecule has 0 aliphatic rings. The Labute approximate surface area is 151 Å². The van der Waals surface area contributed by atoms with Crippen molar-refractivity contribution in [2.24, 2.45) is 0 Å². The Kier molecular flexibility index (Phi) is 11.4. The topological polar surface area (TPSA) is 63.6 Å². The van der Waals surface area contributed by atoms with Gasteiger partial charge in [-0.25, -0.2) is 4.79 Å². The molecule has 4 nitrogen and oxygen atoms in total. The van der Waals surface area contributed by atoms with E-state index in [1.165, 1.54) is 44.9 Å². The summed E-state index contributed by atoms with van der Waals surface area (Å²) in [5.41, 5.74) is 0.463. The molecule has 0 bridgehead atoms. The van der Waals surface area contributed by atoms with Gasteiger partial charge in [-0.15, -0.1) is 0 Å². The summed E-state index contributed by atoms with van der Waals surface area (Å²) in [6, 6.07) is 8.72. The number of carboxylic acid groups (broad SMARTS) is 1. The Hall–Kier alpha value is -1.84. The van der Waals surface area contributed by atoms with Crippen LogP contribution in [0.4, 0.5) is 0 Å². The maximum atomic E-state index is 12.1. The number of ether oxygens (including phenoxy) is 1. The van der Waals surface area contributed by atoms with Gasteiger partial charge < -0.3 is 9.84 Å². The molecule has 0 spiro atoms. The van der Waals surface area contributed by atoms with E-state index in [1.54, 1.807) is 24.3 Å². The molecule has 0 aliphatic heterocycles. The van der Waals surface area contributed by atoms with Crippen molar-refractivity contribution in [3.05, 3.63) is 35.9 Å². The molecule has 0 radical (unpaired) electrons. The minimum atomic E-state index is -0.929. The maximum Gasteiger partial charge on any atom is 0.338 e. The second-order valence-electron chi connectivity index (χ2n) is 6.61. The maximum absolute atomic E-state index is 12.1. The Morgan fingerprint density at radius 3 is 2.04 bits per heavy atom. The minimum Gasteiger partial charge on any atom is -0.481 e. The largest absolute Gasteiger partial charge is 0.481 e. The van der Waals surface area contributed by atoms with Crippen LogP contribution in [0.1, 0.15) is 87.9 Å². The number of carboxylic acids is 1. The molecule has 1 aromatic rings. The average Bonchev–Trinajstić information content (AvgIpc) is 2.60. The van der Waals surface area contributed by atoms with Crippen molar-refractivity contribution in [1.29, 1.82) is 0 Å². The standard InChI is InChI=1S/C21H32O4/c1-2-3-4-5-6-7-8-9-13-16-19(17-20(22)23)25-21(24)18-14-11-10-12-15-18/h10-12,14-15,19H,2-9,13,16-17H2,1H3,(H,22,23)/t19-/m1/s1. The van der Waals surface area contributed by atoms with Gasteiger partial charge in [0.15, 0.2) is 0 Å². The Bertz CT molecular complexity index is 484. The van der Waals surface area contributed by atoms with Crippen LogP contribution in [0.2, 0.25) is 0 Å². The van der Waals surface area contributed by atoms with Crippen molar-refractivity contribution in [1.82, 2.24) is 0 Å². The van der Waals surface area contributed by atoms with E-state index < -0.39 is 18.0 Å². The predicted molar refractivity (Wildman–Crippen MR) is 99.7 cm³/mol. The molecule has 0 aliphatic carbocycles. The summed E-state index contributed by atoms with van der Waals surface area (Å²) in [6.07, 6.45) is 10.8. The first-order valence-corrected chi connectivity index (χ1v) is 9.61. The van der Waals surface area contributed by atoms with Gasteiger partial charge in [0, 0.05) is 0 Å². The van der Waals surface area contributed by atoms with Crippen LogP contribution in [0, 0.1) is 0 Å². The van der Waals surface area contributed by atoms with Gasteiger partial charge in [-0.3, -0.25) is 4.79 Å². The fourth-order valence-electron chi connectivity index (χ4n) is 2.87. The molecule has 1 N–H and O–H groups in total. The number of carbonyl (C=O) groups is 2. The van der Waals surface area contributed by atoms with Crippen LogP contribution >= 0.6 is 0 Å². The zero-order valence-corrected chi connectivity index (χ0v) is 15.4. The Morgan fingerprint density at radius 2 is 1.48 bits per heavy atom. The summed E-state index contributed by atoms with van der Waals surface area (Å²) in [5.74, 6) is -1.37. The zero-order chi connectivity index (χ0) is 18.3. The van der Waals surface area contributed by atoms with E-state index in [9.17, 15) is 9.59 Å². The number of hydrogen-bond acceptors (Lipinski definition) is 3. The van der Waals surface area contributed by atoms with Crippen LogP contribution in [0.15, 0.2) is 30.3 Å². The van der Waals surface area contributed by atoms with Gasteiger partial charge in [-0.2, -0.15) is 0 Å². The second kappa shape index (κ2) is 13.5. The summed E-state index contributed by atoms with van der Waals surface area (Å²) >= 11 is 0. The molecule has 1 aromatic carbocycles. The number of carbonyl (C=O) groups excluding carboxylic acids is 1. The van der Waals surface area contributed by atoms with Gasteiger partial charge in [0.05, 0.1) is 12.0 Å². The monoisotopic (exact) mass is 348 g/mol. The van der Waals surface area contributed by atoms with E-state index in [-0.39, 0.29) is 6.42 Å². The normalized spacial score (nSPS) is 11.9. The van der Waals surface area contributed by atoms with Crippen molar-refractivity contribution < 1.29 is 19.4 Å². The highest BCUT2D eigenvalue weighted by Gasteiger charge is 2.18. The van der Waals surface area contributed by atoms with E-state index in [1.807, 2.05) is 6.07 Å². The highest BCUT2D eigenvalue weighted by Crippen LogP contribution is 2.15. The number of benzene rings is 1. The number of unbranched alkanes of at least 4 members (excludes halogenated alkanes) is 8. The first kappa shape index (κ1) is 21.2. The van der Waals surface area contributed by atoms with Crippen molar-refractivity contribution in [2.45, 2.75) is 83.7 Å². The van der Waals surface area contributed by atoms with E-state index in [2.05, 4.69) is 6.92 Å². The smallest absolute Gasteiger partial charge is 0.338 e. The lowest BCUT2D eigenvalue weighted by Gasteiger charge is -2.16. The Balaban J connectivity index is 2.24. The number of rotatable bonds is 14. The average molecular weight is 348 g/mol. The summed E-state index contributed by atoms with van der Waals surface area (Å²) in [6.45, 7) is 2.22. The zero-order valence-electron chi connectivity index (χ0n) is 15.4. The van der Waals surface area contributed by atoms with Crippen LogP contribution in [0.25, 0.3) is 0 Å². The molecular formula is C21H32O4. The van der Waals surface area contributed by atoms with E-state index in [0.717, 1.165) is 12.8 Å². The Morgan fingerprint density at radius 1 is 0.920 bits per heavy atom. The summed E-state index contributed by atoms with van der Waals surface area (Å²) in [5, 5.41) is 9.02. The molecule has 0 unspecified atom stereocenters. The van der Waals surface area contributed by atoms with Gasteiger partial charge >= 0.3 is 11.9 Å². The van der Waals surface area contributed by atoms with Crippen molar-refractivity contribution in [3.8, 4) is 0 Å². The predicted octanol–water partition coefficient (Wildman–Crippen LogP) is 5.61. The highest BCUT2D eigenvalue weighted by atomic mass is 16.5. The summed E-state index contributed by atoms with van der Waals surface area (Å²) in [7, 11) is 0. The van der Waals surface area contributed by atoms with Crippen LogP contribution in [0.5, 0.6) is 0 Å². The molecular weight excluding hydrogens is 316 g/mol. The lowest BCUT2D eigenvalue weighted by atomic mass is 10.0. The van der Waals surface area contributed by atoms with E-state index >= 15 is 0 Å². The third kappa shape index (κ3) is 10.6. The minimum absolute atomic E-state index is 0.129. The van der Waals surface area contributed by atoms with E-state index in [4.69, 9.17) is 9.84 Å². The molecule has 140 valence electrons. The van der Waals surface area contributed by atoms with Gasteiger partial charge in [0.1, 0.15) is 6.10 Å². The molecule has 0 heterocycles. The first-order valence-electron chi connectivity index (χ1n) is 9.61.